The van der Waals surface area contributed by atoms with Crippen molar-refractivity contribution in [1.29, 1.82) is 0 Å². The van der Waals surface area contributed by atoms with E-state index < -0.39 is 0 Å². The van der Waals surface area contributed by atoms with Gasteiger partial charge in [-0.25, -0.2) is 4.79 Å². The zero-order valence-electron chi connectivity index (χ0n) is 18.7. The van der Waals surface area contributed by atoms with Crippen LogP contribution in [0, 0.1) is 5.92 Å². The van der Waals surface area contributed by atoms with Crippen molar-refractivity contribution in [2.45, 2.75) is 39.7 Å². The molecule has 1 aromatic carbocycles. The van der Waals surface area contributed by atoms with Gasteiger partial charge in [-0.1, -0.05) is 39.0 Å². The van der Waals surface area contributed by atoms with Gasteiger partial charge in [0.1, 0.15) is 18.9 Å². The first kappa shape index (κ1) is 23.1. The van der Waals surface area contributed by atoms with Crippen LogP contribution in [0.2, 0.25) is 0 Å². The Morgan fingerprint density at radius 2 is 2.03 bits per heavy atom. The van der Waals surface area contributed by atoms with Crippen LogP contribution in [-0.2, 0) is 11.2 Å². The Balaban J connectivity index is 1.74. The van der Waals surface area contributed by atoms with E-state index >= 15 is 0 Å². The average Bonchev–Trinajstić information content (AvgIpc) is 3.24. The van der Waals surface area contributed by atoms with Crippen LogP contribution in [0.3, 0.4) is 0 Å². The first-order valence-electron chi connectivity index (χ1n) is 11.1. The van der Waals surface area contributed by atoms with Gasteiger partial charge in [0.2, 0.25) is 5.91 Å². The number of fused-ring (bicyclic) bond motifs is 1. The minimum absolute atomic E-state index is 0.0363. The Labute approximate surface area is 189 Å². The molecule has 6 nitrogen and oxygen atoms in total. The minimum atomic E-state index is -0.172. The Hall–Kier alpha value is -2.54. The molecule has 1 N–H and O–H groups in total. The molecule has 7 heteroatoms. The van der Waals surface area contributed by atoms with E-state index in [9.17, 15) is 9.59 Å². The number of nitrogens with zero attached hydrogens (tertiary/aromatic N) is 2. The van der Waals surface area contributed by atoms with Gasteiger partial charge in [-0.15, -0.1) is 11.3 Å². The molecular weight excluding hydrogens is 410 g/mol. The van der Waals surface area contributed by atoms with Gasteiger partial charge in [0.15, 0.2) is 0 Å². The number of para-hydroxylation sites is 1. The highest BCUT2D eigenvalue weighted by Crippen LogP contribution is 2.34. The van der Waals surface area contributed by atoms with E-state index in [1.54, 1.807) is 16.2 Å². The molecule has 1 aromatic heterocycles. The van der Waals surface area contributed by atoms with Gasteiger partial charge in [-0.2, -0.15) is 0 Å². The van der Waals surface area contributed by atoms with Crippen molar-refractivity contribution >= 4 is 23.3 Å². The van der Waals surface area contributed by atoms with Gasteiger partial charge in [-0.3, -0.25) is 4.79 Å². The maximum Gasteiger partial charge on any atom is 0.317 e. The van der Waals surface area contributed by atoms with E-state index in [-0.39, 0.29) is 30.4 Å². The summed E-state index contributed by atoms with van der Waals surface area (Å²) < 4.78 is 6.04. The van der Waals surface area contributed by atoms with E-state index in [1.165, 1.54) is 4.88 Å². The standard InChI is InChI=1S/C24H33N3O3S/c1-4-12-25-24(29)26(15-18(2)3)16-23(28)27-13-10-22-20(11-14-31-22)21(27)17-30-19-8-6-5-7-9-19/h5-9,11,14,18,21H,4,10,12-13,15-17H2,1-3H3,(H,25,29)/t21-/m1/s1. The second-order valence-corrected chi connectivity index (χ2v) is 9.28. The molecule has 3 amide bonds. The van der Waals surface area contributed by atoms with Crippen molar-refractivity contribution in [2.24, 2.45) is 5.92 Å². The third-order valence-corrected chi connectivity index (χ3v) is 6.29. The van der Waals surface area contributed by atoms with Gasteiger partial charge < -0.3 is 19.9 Å². The average molecular weight is 444 g/mol. The van der Waals surface area contributed by atoms with Crippen LogP contribution in [0.1, 0.15) is 43.7 Å². The van der Waals surface area contributed by atoms with Gasteiger partial charge in [-0.05, 0) is 47.9 Å². The number of hydrogen-bond donors (Lipinski definition) is 1. The normalized spacial score (nSPS) is 15.5. The van der Waals surface area contributed by atoms with Gasteiger partial charge >= 0.3 is 6.03 Å². The molecule has 31 heavy (non-hydrogen) atoms. The smallest absolute Gasteiger partial charge is 0.317 e. The van der Waals surface area contributed by atoms with Crippen LogP contribution >= 0.6 is 11.3 Å². The van der Waals surface area contributed by atoms with E-state index in [0.29, 0.717) is 26.2 Å². The molecule has 0 unspecified atom stereocenters. The lowest BCUT2D eigenvalue weighted by molar-refractivity contribution is -0.135. The molecule has 1 aliphatic heterocycles. The molecule has 0 aliphatic carbocycles. The SMILES string of the molecule is CCCNC(=O)N(CC(=O)N1CCc2sccc2[C@H]1COc1ccccc1)CC(C)C. The summed E-state index contributed by atoms with van der Waals surface area (Å²) in [4.78, 5) is 30.8. The summed E-state index contributed by atoms with van der Waals surface area (Å²) in [6, 6.07) is 11.4. The first-order chi connectivity index (χ1) is 15.0. The Morgan fingerprint density at radius 3 is 2.74 bits per heavy atom. The summed E-state index contributed by atoms with van der Waals surface area (Å²) in [6.45, 7) is 8.39. The third-order valence-electron chi connectivity index (χ3n) is 5.29. The van der Waals surface area contributed by atoms with Gasteiger partial charge in [0, 0.05) is 24.5 Å². The number of carbonyl (C=O) groups is 2. The van der Waals surface area contributed by atoms with Crippen LogP contribution in [0.25, 0.3) is 0 Å². The van der Waals surface area contributed by atoms with Crippen molar-refractivity contribution in [1.82, 2.24) is 15.1 Å². The summed E-state index contributed by atoms with van der Waals surface area (Å²) in [6.07, 6.45) is 1.70. The number of urea groups is 1. The predicted molar refractivity (Wildman–Crippen MR) is 125 cm³/mol. The molecule has 0 spiro atoms. The van der Waals surface area contributed by atoms with E-state index in [4.69, 9.17) is 4.74 Å². The third kappa shape index (κ3) is 6.23. The fourth-order valence-corrected chi connectivity index (χ4v) is 4.75. The number of ether oxygens (including phenoxy) is 1. The number of amides is 3. The second-order valence-electron chi connectivity index (χ2n) is 8.28. The molecule has 1 aliphatic rings. The first-order valence-corrected chi connectivity index (χ1v) is 11.9. The van der Waals surface area contributed by atoms with Gasteiger partial charge in [0.05, 0.1) is 6.04 Å². The van der Waals surface area contributed by atoms with Crippen molar-refractivity contribution in [3.63, 3.8) is 0 Å². The zero-order chi connectivity index (χ0) is 22.2. The van der Waals surface area contributed by atoms with Gasteiger partial charge in [0.25, 0.3) is 0 Å². The molecule has 1 atom stereocenters. The molecule has 0 saturated carbocycles. The van der Waals surface area contributed by atoms with Crippen LogP contribution in [0.15, 0.2) is 41.8 Å². The Bertz CT molecular complexity index is 853. The summed E-state index contributed by atoms with van der Waals surface area (Å²) in [7, 11) is 0. The largest absolute Gasteiger partial charge is 0.491 e. The lowest BCUT2D eigenvalue weighted by atomic mass is 10.0. The summed E-state index contributed by atoms with van der Waals surface area (Å²) in [5.74, 6) is 1.03. The maximum absolute atomic E-state index is 13.4. The van der Waals surface area contributed by atoms with Crippen LogP contribution in [0.5, 0.6) is 5.75 Å². The van der Waals surface area contributed by atoms with E-state index in [0.717, 1.165) is 24.2 Å². The molecular formula is C24H33N3O3S. The molecule has 2 heterocycles. The van der Waals surface area contributed by atoms with E-state index in [2.05, 4.69) is 30.6 Å². The monoisotopic (exact) mass is 443 g/mol. The maximum atomic E-state index is 13.4. The summed E-state index contributed by atoms with van der Waals surface area (Å²) >= 11 is 1.73. The Kier molecular flexibility index (Phi) is 8.35. The van der Waals surface area contributed by atoms with Crippen molar-refractivity contribution in [3.8, 4) is 5.75 Å². The molecule has 168 valence electrons. The quantitative estimate of drug-likeness (QED) is 0.627. The number of thiophene rings is 1. The van der Waals surface area contributed by atoms with Crippen LogP contribution in [0.4, 0.5) is 4.79 Å². The number of nitrogens with one attached hydrogen (secondary N) is 1. The number of hydrogen-bond acceptors (Lipinski definition) is 4. The molecule has 2 aromatic rings. The summed E-state index contributed by atoms with van der Waals surface area (Å²) in [5.41, 5.74) is 1.16. The highest BCUT2D eigenvalue weighted by Gasteiger charge is 2.33. The van der Waals surface area contributed by atoms with Crippen molar-refractivity contribution in [2.75, 3.05) is 32.8 Å². The van der Waals surface area contributed by atoms with Crippen LogP contribution < -0.4 is 10.1 Å². The molecule has 3 rings (SSSR count). The topological polar surface area (TPSA) is 61.9 Å². The molecule has 0 bridgehead atoms. The molecule has 0 radical (unpaired) electrons. The second kappa shape index (κ2) is 11.2. The molecule has 0 fully saturated rings. The fraction of sp³-hybridized carbons (Fsp3) is 0.500. The number of benzene rings is 1. The van der Waals surface area contributed by atoms with Crippen molar-refractivity contribution in [3.05, 3.63) is 52.2 Å². The van der Waals surface area contributed by atoms with E-state index in [1.807, 2.05) is 42.2 Å². The summed E-state index contributed by atoms with van der Waals surface area (Å²) in [5, 5.41) is 4.99. The lowest BCUT2D eigenvalue weighted by Crippen LogP contribution is -2.50. The molecule has 0 saturated heterocycles. The predicted octanol–water partition coefficient (Wildman–Crippen LogP) is 4.33. The van der Waals surface area contributed by atoms with Crippen LogP contribution in [-0.4, -0.2) is 54.5 Å². The Morgan fingerprint density at radius 1 is 1.26 bits per heavy atom. The highest BCUT2D eigenvalue weighted by molar-refractivity contribution is 7.10. The van der Waals surface area contributed by atoms with Crippen molar-refractivity contribution < 1.29 is 14.3 Å². The zero-order valence-corrected chi connectivity index (χ0v) is 19.5. The number of carbonyl (C=O) groups excluding carboxylic acids is 2. The minimum Gasteiger partial charge on any atom is -0.491 e. The lowest BCUT2D eigenvalue weighted by Gasteiger charge is -2.37. The fourth-order valence-electron chi connectivity index (χ4n) is 3.82. The number of rotatable bonds is 9. The highest BCUT2D eigenvalue weighted by atomic mass is 32.1.